The summed E-state index contributed by atoms with van der Waals surface area (Å²) in [7, 11) is 0. The molecule has 1 aliphatic heterocycles. The first kappa shape index (κ1) is 11.0. The lowest BCUT2D eigenvalue weighted by Crippen LogP contribution is -2.26. The Morgan fingerprint density at radius 3 is 2.82 bits per heavy atom. The highest BCUT2D eigenvalue weighted by Crippen LogP contribution is 2.35. The molecule has 0 N–H and O–H groups in total. The van der Waals surface area contributed by atoms with Crippen molar-refractivity contribution in [1.29, 1.82) is 0 Å². The van der Waals surface area contributed by atoms with Gasteiger partial charge in [0.25, 0.3) is 0 Å². The van der Waals surface area contributed by atoms with Crippen LogP contribution in [0.25, 0.3) is 0 Å². The minimum absolute atomic E-state index is 0.586. The van der Waals surface area contributed by atoms with E-state index in [-0.39, 0.29) is 0 Å². The van der Waals surface area contributed by atoms with E-state index in [0.717, 1.165) is 13.0 Å². The summed E-state index contributed by atoms with van der Waals surface area (Å²) in [5, 5.41) is 0. The highest BCUT2D eigenvalue weighted by Gasteiger charge is 2.24. The van der Waals surface area contributed by atoms with Crippen molar-refractivity contribution >= 4 is 28.6 Å². The molecular weight excluding hydrogens is 323 g/mol. The second-order valence-electron chi connectivity index (χ2n) is 4.36. The van der Waals surface area contributed by atoms with Gasteiger partial charge in [0.05, 0.1) is 34.7 Å². The number of hydrogen-bond donors (Lipinski definition) is 0. The molecule has 0 saturated heterocycles. The summed E-state index contributed by atoms with van der Waals surface area (Å²) < 4.78 is 2.28. The molecule has 0 radical (unpaired) electrons. The van der Waals surface area contributed by atoms with Gasteiger partial charge in [0.2, 0.25) is 0 Å². The molecule has 0 spiro atoms. The van der Waals surface area contributed by atoms with Crippen LogP contribution in [-0.2, 0) is 6.42 Å². The van der Waals surface area contributed by atoms with E-state index in [4.69, 9.17) is 0 Å². The molecule has 0 saturated carbocycles. The highest BCUT2D eigenvalue weighted by molar-refractivity contribution is 14.1. The zero-order valence-electron chi connectivity index (χ0n) is 9.38. The Balaban J connectivity index is 1.94. The van der Waals surface area contributed by atoms with Gasteiger partial charge >= 0.3 is 0 Å². The third kappa shape index (κ3) is 2.16. The summed E-state index contributed by atoms with van der Waals surface area (Å²) in [5.74, 6) is 0.586. The lowest BCUT2D eigenvalue weighted by atomic mass is 9.89. The summed E-state index contributed by atoms with van der Waals surface area (Å²) in [5.41, 5.74) is 4.09. The van der Waals surface area contributed by atoms with Crippen LogP contribution in [-0.4, -0.2) is 11.5 Å². The third-order valence-corrected chi connectivity index (χ3v) is 4.18. The Morgan fingerprint density at radius 2 is 2.00 bits per heavy atom. The fourth-order valence-corrected chi connectivity index (χ4v) is 3.29. The van der Waals surface area contributed by atoms with Crippen LogP contribution < -0.4 is 3.11 Å². The number of pyridine rings is 1. The number of nitrogens with zero attached hydrogens (tertiary/aromatic N) is 2. The molecule has 3 rings (SSSR count). The molecule has 0 amide bonds. The van der Waals surface area contributed by atoms with Crippen LogP contribution in [0, 0.1) is 0 Å². The standard InChI is InChI=1S/C14H13IN2/c15-17-10-13(11-4-2-1-3-5-11)8-12-6-7-16-9-14(12)17/h1-7,9,13H,8,10H2. The van der Waals surface area contributed by atoms with Crippen molar-refractivity contribution in [1.82, 2.24) is 4.98 Å². The minimum Gasteiger partial charge on any atom is -0.312 e. The Labute approximate surface area is 115 Å². The van der Waals surface area contributed by atoms with E-state index >= 15 is 0 Å². The average molecular weight is 336 g/mol. The molecule has 2 nitrogen and oxygen atoms in total. The summed E-state index contributed by atoms with van der Waals surface area (Å²) in [6.07, 6.45) is 4.96. The van der Waals surface area contributed by atoms with Crippen LogP contribution in [0.3, 0.4) is 0 Å². The molecule has 1 atom stereocenters. The lowest BCUT2D eigenvalue weighted by molar-refractivity contribution is 0.676. The maximum atomic E-state index is 4.20. The predicted octanol–water partition coefficient (Wildman–Crippen LogP) is 3.58. The van der Waals surface area contributed by atoms with E-state index in [0.29, 0.717) is 5.92 Å². The second kappa shape index (κ2) is 4.64. The van der Waals surface area contributed by atoms with Gasteiger partial charge in [0.15, 0.2) is 0 Å². The van der Waals surface area contributed by atoms with Crippen molar-refractivity contribution in [2.75, 3.05) is 9.66 Å². The SMILES string of the molecule is IN1CC(c2ccccc2)Cc2ccncc21. The Morgan fingerprint density at radius 1 is 1.18 bits per heavy atom. The molecule has 1 aliphatic rings. The van der Waals surface area contributed by atoms with Crippen LogP contribution >= 0.6 is 22.9 Å². The molecule has 1 aromatic heterocycles. The van der Waals surface area contributed by atoms with Crippen LogP contribution in [0.15, 0.2) is 48.8 Å². The van der Waals surface area contributed by atoms with Crippen molar-refractivity contribution in [2.24, 2.45) is 0 Å². The Bertz CT molecular complexity index is 513. The number of rotatable bonds is 1. The zero-order valence-corrected chi connectivity index (χ0v) is 11.5. The van der Waals surface area contributed by atoms with Crippen molar-refractivity contribution in [2.45, 2.75) is 12.3 Å². The Hall–Kier alpha value is -1.10. The van der Waals surface area contributed by atoms with E-state index in [1.807, 2.05) is 12.4 Å². The summed E-state index contributed by atoms with van der Waals surface area (Å²) in [6.45, 7) is 1.06. The monoisotopic (exact) mass is 336 g/mol. The maximum Gasteiger partial charge on any atom is 0.0673 e. The summed E-state index contributed by atoms with van der Waals surface area (Å²) in [6, 6.07) is 12.9. The molecule has 2 heterocycles. The van der Waals surface area contributed by atoms with E-state index < -0.39 is 0 Å². The van der Waals surface area contributed by atoms with Crippen molar-refractivity contribution < 1.29 is 0 Å². The van der Waals surface area contributed by atoms with Gasteiger partial charge in [0, 0.05) is 18.7 Å². The van der Waals surface area contributed by atoms with Crippen molar-refractivity contribution in [3.05, 3.63) is 59.9 Å². The number of hydrogen-bond acceptors (Lipinski definition) is 2. The molecule has 17 heavy (non-hydrogen) atoms. The lowest BCUT2D eigenvalue weighted by Gasteiger charge is -2.31. The minimum atomic E-state index is 0.586. The topological polar surface area (TPSA) is 16.1 Å². The van der Waals surface area contributed by atoms with Gasteiger partial charge in [-0.15, -0.1) is 0 Å². The van der Waals surface area contributed by atoms with Crippen LogP contribution in [0.4, 0.5) is 5.69 Å². The van der Waals surface area contributed by atoms with Crippen LogP contribution in [0.1, 0.15) is 17.0 Å². The molecule has 2 aromatic rings. The Kier molecular flexibility index (Phi) is 3.01. The smallest absolute Gasteiger partial charge is 0.0673 e. The van der Waals surface area contributed by atoms with Gasteiger partial charge in [-0.2, -0.15) is 0 Å². The van der Waals surface area contributed by atoms with E-state index in [2.05, 4.69) is 67.4 Å². The highest BCUT2D eigenvalue weighted by atomic mass is 127. The van der Waals surface area contributed by atoms with Crippen LogP contribution in [0.5, 0.6) is 0 Å². The molecule has 0 aliphatic carbocycles. The van der Waals surface area contributed by atoms with Gasteiger partial charge < -0.3 is 3.11 Å². The summed E-state index contributed by atoms with van der Waals surface area (Å²) >= 11 is 2.38. The average Bonchev–Trinajstić information content (AvgIpc) is 2.40. The maximum absolute atomic E-state index is 4.20. The van der Waals surface area contributed by atoms with Gasteiger partial charge in [-0.3, -0.25) is 4.98 Å². The molecule has 86 valence electrons. The number of aromatic nitrogens is 1. The van der Waals surface area contributed by atoms with Crippen LogP contribution in [0.2, 0.25) is 0 Å². The van der Waals surface area contributed by atoms with E-state index in [9.17, 15) is 0 Å². The van der Waals surface area contributed by atoms with E-state index in [1.54, 1.807) is 0 Å². The van der Waals surface area contributed by atoms with E-state index in [1.165, 1.54) is 16.8 Å². The van der Waals surface area contributed by atoms with Gasteiger partial charge in [-0.25, -0.2) is 0 Å². The predicted molar refractivity (Wildman–Crippen MR) is 78.5 cm³/mol. The number of anilines is 1. The molecule has 3 heteroatoms. The summed E-state index contributed by atoms with van der Waals surface area (Å²) in [4.78, 5) is 4.20. The first-order chi connectivity index (χ1) is 8.34. The van der Waals surface area contributed by atoms with Gasteiger partial charge in [-0.1, -0.05) is 30.3 Å². The quantitative estimate of drug-likeness (QED) is 0.585. The molecule has 0 bridgehead atoms. The number of halogens is 1. The number of benzene rings is 1. The molecule has 1 unspecified atom stereocenters. The van der Waals surface area contributed by atoms with Gasteiger partial charge in [-0.05, 0) is 23.6 Å². The fourth-order valence-electron chi connectivity index (χ4n) is 2.38. The first-order valence-corrected chi connectivity index (χ1v) is 6.72. The van der Waals surface area contributed by atoms with Gasteiger partial charge in [0.1, 0.15) is 0 Å². The molecular formula is C14H13IN2. The molecule has 0 fully saturated rings. The second-order valence-corrected chi connectivity index (χ2v) is 5.53. The van der Waals surface area contributed by atoms with Crippen molar-refractivity contribution in [3.63, 3.8) is 0 Å². The first-order valence-electron chi connectivity index (χ1n) is 5.76. The zero-order chi connectivity index (χ0) is 11.7. The normalized spacial score (nSPS) is 18.9. The fraction of sp³-hybridized carbons (Fsp3) is 0.214. The third-order valence-electron chi connectivity index (χ3n) is 3.27. The van der Waals surface area contributed by atoms with Crippen molar-refractivity contribution in [3.8, 4) is 0 Å². The number of fused-ring (bicyclic) bond motifs is 1. The largest absolute Gasteiger partial charge is 0.312 e. The molecule has 1 aromatic carbocycles.